The molecule has 2 aliphatic rings. The lowest BCUT2D eigenvalue weighted by Crippen LogP contribution is -2.55. The summed E-state index contributed by atoms with van der Waals surface area (Å²) in [6.07, 6.45) is 1.90. The summed E-state index contributed by atoms with van der Waals surface area (Å²) in [5.41, 5.74) is 0.509. The lowest BCUT2D eigenvalue weighted by molar-refractivity contribution is -0.120. The zero-order chi connectivity index (χ0) is 16.1. The first-order valence-corrected chi connectivity index (χ1v) is 7.68. The standard InChI is InChI=1S/C14H17ClF2N4O/c1-3-9-12(22)20(2)10-7-18-13(15)19-11(10)21(9)8-4-5-14(16,17)6-8/h7-9H,3-6H2,1-2H3. The van der Waals surface area contributed by atoms with Crippen LogP contribution in [0.5, 0.6) is 0 Å². The molecule has 1 aliphatic carbocycles. The molecular formula is C14H17ClF2N4O. The highest BCUT2D eigenvalue weighted by atomic mass is 35.5. The fourth-order valence-electron chi connectivity index (χ4n) is 3.34. The molecule has 0 N–H and O–H groups in total. The Morgan fingerprint density at radius 1 is 1.50 bits per heavy atom. The van der Waals surface area contributed by atoms with Crippen LogP contribution in [0.3, 0.4) is 0 Å². The zero-order valence-electron chi connectivity index (χ0n) is 12.4. The van der Waals surface area contributed by atoms with Crippen LogP contribution in [0.2, 0.25) is 5.28 Å². The van der Waals surface area contributed by atoms with Gasteiger partial charge < -0.3 is 9.80 Å². The van der Waals surface area contributed by atoms with E-state index in [2.05, 4.69) is 9.97 Å². The van der Waals surface area contributed by atoms with Crippen molar-refractivity contribution in [3.63, 3.8) is 0 Å². The molecule has 1 aromatic rings. The van der Waals surface area contributed by atoms with Gasteiger partial charge in [0.15, 0.2) is 5.82 Å². The van der Waals surface area contributed by atoms with E-state index in [0.29, 0.717) is 24.3 Å². The number of carbonyl (C=O) groups is 1. The van der Waals surface area contributed by atoms with E-state index in [1.54, 1.807) is 11.9 Å². The highest BCUT2D eigenvalue weighted by Crippen LogP contribution is 2.43. The molecule has 0 saturated heterocycles. The summed E-state index contributed by atoms with van der Waals surface area (Å²) in [6, 6.07) is -0.912. The smallest absolute Gasteiger partial charge is 0.250 e. The summed E-state index contributed by atoms with van der Waals surface area (Å²) in [5.74, 6) is -2.35. The second-order valence-electron chi connectivity index (χ2n) is 5.83. The maximum absolute atomic E-state index is 13.6. The van der Waals surface area contributed by atoms with Gasteiger partial charge in [-0.05, 0) is 24.4 Å². The number of amides is 1. The largest absolute Gasteiger partial charge is 0.339 e. The molecule has 0 radical (unpaired) electrons. The van der Waals surface area contributed by atoms with Gasteiger partial charge in [-0.25, -0.2) is 13.8 Å². The Morgan fingerprint density at radius 3 is 2.82 bits per heavy atom. The molecule has 120 valence electrons. The van der Waals surface area contributed by atoms with Crippen molar-refractivity contribution in [2.75, 3.05) is 16.8 Å². The second-order valence-corrected chi connectivity index (χ2v) is 6.17. The Kier molecular flexibility index (Phi) is 3.71. The number of nitrogens with zero attached hydrogens (tertiary/aromatic N) is 4. The Balaban J connectivity index is 2.07. The van der Waals surface area contributed by atoms with E-state index < -0.39 is 18.0 Å². The third kappa shape index (κ3) is 2.41. The SMILES string of the molecule is CCC1C(=O)N(C)c2cnc(Cl)nc2N1C1CCC(F)(F)C1. The fourth-order valence-corrected chi connectivity index (χ4v) is 3.47. The molecule has 1 aliphatic heterocycles. The van der Waals surface area contributed by atoms with Gasteiger partial charge in [-0.3, -0.25) is 4.79 Å². The van der Waals surface area contributed by atoms with Gasteiger partial charge in [-0.1, -0.05) is 6.92 Å². The Hall–Kier alpha value is -1.50. The summed E-state index contributed by atoms with van der Waals surface area (Å²) >= 11 is 5.88. The van der Waals surface area contributed by atoms with Gasteiger partial charge in [0.2, 0.25) is 17.1 Å². The highest BCUT2D eigenvalue weighted by Gasteiger charge is 2.47. The van der Waals surface area contributed by atoms with Crippen molar-refractivity contribution in [3.05, 3.63) is 11.5 Å². The number of hydrogen-bond acceptors (Lipinski definition) is 4. The topological polar surface area (TPSA) is 49.3 Å². The summed E-state index contributed by atoms with van der Waals surface area (Å²) < 4.78 is 27.3. The van der Waals surface area contributed by atoms with Crippen LogP contribution in [0.25, 0.3) is 0 Å². The number of fused-ring (bicyclic) bond motifs is 1. The lowest BCUT2D eigenvalue weighted by Gasteiger charge is -2.43. The van der Waals surface area contributed by atoms with Crippen LogP contribution >= 0.6 is 11.6 Å². The number of halogens is 3. The van der Waals surface area contributed by atoms with Crippen LogP contribution in [-0.2, 0) is 4.79 Å². The van der Waals surface area contributed by atoms with E-state index in [1.807, 2.05) is 6.92 Å². The van der Waals surface area contributed by atoms with Gasteiger partial charge in [0.05, 0.1) is 6.20 Å². The maximum Gasteiger partial charge on any atom is 0.250 e. The minimum atomic E-state index is -2.69. The van der Waals surface area contributed by atoms with Crippen molar-refractivity contribution in [2.45, 2.75) is 50.6 Å². The Bertz CT molecular complexity index is 613. The summed E-state index contributed by atoms with van der Waals surface area (Å²) in [7, 11) is 1.64. The average molecular weight is 331 g/mol. The van der Waals surface area contributed by atoms with E-state index in [0.717, 1.165) is 0 Å². The quantitative estimate of drug-likeness (QED) is 0.782. The van der Waals surface area contributed by atoms with E-state index in [4.69, 9.17) is 11.6 Å². The van der Waals surface area contributed by atoms with Crippen LogP contribution < -0.4 is 9.80 Å². The van der Waals surface area contributed by atoms with Crippen molar-refractivity contribution in [3.8, 4) is 0 Å². The molecular weight excluding hydrogens is 314 g/mol. The van der Waals surface area contributed by atoms with Gasteiger partial charge in [-0.2, -0.15) is 4.98 Å². The molecule has 1 fully saturated rings. The van der Waals surface area contributed by atoms with Gasteiger partial charge in [0.1, 0.15) is 11.7 Å². The molecule has 5 nitrogen and oxygen atoms in total. The number of hydrogen-bond donors (Lipinski definition) is 0. The minimum Gasteiger partial charge on any atom is -0.339 e. The van der Waals surface area contributed by atoms with E-state index in [-0.39, 0.29) is 24.0 Å². The first-order chi connectivity index (χ1) is 10.3. The number of aromatic nitrogens is 2. The summed E-state index contributed by atoms with van der Waals surface area (Å²) in [6.45, 7) is 1.87. The third-order valence-corrected chi connectivity index (χ3v) is 4.62. The molecule has 1 aromatic heterocycles. The van der Waals surface area contributed by atoms with Crippen molar-refractivity contribution in [1.29, 1.82) is 0 Å². The van der Waals surface area contributed by atoms with Gasteiger partial charge in [-0.15, -0.1) is 0 Å². The minimum absolute atomic E-state index is 0.0473. The van der Waals surface area contributed by atoms with Crippen molar-refractivity contribution in [2.24, 2.45) is 0 Å². The molecule has 1 amide bonds. The normalized spacial score (nSPS) is 27.2. The van der Waals surface area contributed by atoms with Crippen LogP contribution in [0.15, 0.2) is 6.20 Å². The number of likely N-dealkylation sites (N-methyl/N-ethyl adjacent to an activating group) is 1. The molecule has 2 atom stereocenters. The molecule has 3 rings (SSSR count). The molecule has 0 bridgehead atoms. The van der Waals surface area contributed by atoms with Crippen molar-refractivity contribution in [1.82, 2.24) is 9.97 Å². The van der Waals surface area contributed by atoms with Crippen molar-refractivity contribution < 1.29 is 13.6 Å². The summed E-state index contributed by atoms with van der Waals surface area (Å²) in [4.78, 5) is 23.9. The monoisotopic (exact) mass is 330 g/mol. The van der Waals surface area contributed by atoms with Crippen LogP contribution in [-0.4, -0.2) is 40.9 Å². The van der Waals surface area contributed by atoms with E-state index in [1.165, 1.54) is 11.1 Å². The molecule has 22 heavy (non-hydrogen) atoms. The Morgan fingerprint density at radius 2 is 2.23 bits per heavy atom. The van der Waals surface area contributed by atoms with Crippen LogP contribution in [0.4, 0.5) is 20.3 Å². The zero-order valence-corrected chi connectivity index (χ0v) is 13.1. The number of carbonyl (C=O) groups excluding carboxylic acids is 1. The molecule has 8 heteroatoms. The van der Waals surface area contributed by atoms with Gasteiger partial charge >= 0.3 is 0 Å². The van der Waals surface area contributed by atoms with Gasteiger partial charge in [0, 0.05) is 25.9 Å². The molecule has 2 heterocycles. The van der Waals surface area contributed by atoms with Gasteiger partial charge in [0.25, 0.3) is 0 Å². The number of rotatable bonds is 2. The van der Waals surface area contributed by atoms with Crippen molar-refractivity contribution >= 4 is 29.0 Å². The first kappa shape index (κ1) is 15.4. The molecule has 1 saturated carbocycles. The number of anilines is 2. The lowest BCUT2D eigenvalue weighted by atomic mass is 10.0. The fraction of sp³-hybridized carbons (Fsp3) is 0.643. The van der Waals surface area contributed by atoms with Crippen LogP contribution in [0, 0.1) is 0 Å². The number of alkyl halides is 2. The van der Waals surface area contributed by atoms with E-state index in [9.17, 15) is 13.6 Å². The first-order valence-electron chi connectivity index (χ1n) is 7.30. The predicted octanol–water partition coefficient (Wildman–Crippen LogP) is 2.88. The third-order valence-electron chi connectivity index (χ3n) is 4.44. The molecule has 2 unspecified atom stereocenters. The maximum atomic E-state index is 13.6. The average Bonchev–Trinajstić information content (AvgIpc) is 2.82. The molecule has 0 spiro atoms. The van der Waals surface area contributed by atoms with E-state index >= 15 is 0 Å². The predicted molar refractivity (Wildman–Crippen MR) is 79.6 cm³/mol. The highest BCUT2D eigenvalue weighted by molar-refractivity contribution is 6.28. The molecule has 0 aromatic carbocycles. The second kappa shape index (κ2) is 5.30. The summed E-state index contributed by atoms with van der Waals surface area (Å²) in [5, 5.41) is 0.0473. The Labute approximate surface area is 132 Å². The van der Waals surface area contributed by atoms with Crippen LogP contribution in [0.1, 0.15) is 32.6 Å².